The van der Waals surface area contributed by atoms with E-state index in [4.69, 9.17) is 13.9 Å². The third-order valence-corrected chi connectivity index (χ3v) is 6.10. The van der Waals surface area contributed by atoms with Gasteiger partial charge in [0, 0.05) is 22.6 Å². The highest BCUT2D eigenvalue weighted by Crippen LogP contribution is 2.36. The molecule has 5 rings (SSSR count). The number of rotatable bonds is 6. The van der Waals surface area contributed by atoms with Gasteiger partial charge in [-0.1, -0.05) is 42.1 Å². The van der Waals surface area contributed by atoms with E-state index >= 15 is 0 Å². The zero-order valence-electron chi connectivity index (χ0n) is 17.6. The van der Waals surface area contributed by atoms with Gasteiger partial charge in [0.1, 0.15) is 6.61 Å². The maximum Gasteiger partial charge on any atom is 0.277 e. The molecule has 0 radical (unpaired) electrons. The zero-order valence-corrected chi connectivity index (χ0v) is 18.5. The second kappa shape index (κ2) is 8.55. The number of benzene rings is 2. The maximum absolute atomic E-state index is 12.9. The molecule has 1 aliphatic rings. The Balaban J connectivity index is 1.26. The van der Waals surface area contributed by atoms with Crippen molar-refractivity contribution >= 4 is 17.5 Å². The van der Waals surface area contributed by atoms with Crippen molar-refractivity contribution in [3.8, 4) is 17.2 Å². The molecule has 1 atom stereocenters. The number of carbonyl (C=O) groups is 1. The van der Waals surface area contributed by atoms with Gasteiger partial charge in [0.05, 0.1) is 5.75 Å². The summed E-state index contributed by atoms with van der Waals surface area (Å²) in [6.45, 7) is 4.24. The molecule has 32 heavy (non-hydrogen) atoms. The highest BCUT2D eigenvalue weighted by atomic mass is 32.2. The van der Waals surface area contributed by atoms with Gasteiger partial charge in [-0.15, -0.1) is 10.2 Å². The topological polar surface area (TPSA) is 79.4 Å². The second-order valence-corrected chi connectivity index (χ2v) is 8.36. The van der Waals surface area contributed by atoms with Gasteiger partial charge >= 0.3 is 0 Å². The van der Waals surface area contributed by atoms with E-state index < -0.39 is 6.10 Å². The van der Waals surface area contributed by atoms with E-state index in [1.165, 1.54) is 11.8 Å². The number of fused-ring (bicyclic) bond motifs is 1. The van der Waals surface area contributed by atoms with E-state index in [-0.39, 0.29) is 18.1 Å². The molecule has 8 heteroatoms. The number of aryl methyl sites for hydroxylation is 1. The van der Waals surface area contributed by atoms with Gasteiger partial charge in [0.15, 0.2) is 17.3 Å². The molecule has 4 aromatic rings. The Morgan fingerprint density at radius 1 is 1.06 bits per heavy atom. The first-order valence-corrected chi connectivity index (χ1v) is 11.2. The van der Waals surface area contributed by atoms with Crippen LogP contribution in [0.5, 0.6) is 11.5 Å². The first-order valence-electron chi connectivity index (χ1n) is 10.2. The minimum absolute atomic E-state index is 0.0104. The van der Waals surface area contributed by atoms with Crippen LogP contribution in [0.25, 0.3) is 5.69 Å². The number of ketones is 1. The molecular weight excluding hydrogens is 426 g/mol. The van der Waals surface area contributed by atoms with Crippen LogP contribution in [0.2, 0.25) is 0 Å². The zero-order chi connectivity index (χ0) is 22.1. The lowest BCUT2D eigenvalue weighted by Crippen LogP contribution is -2.21. The molecule has 0 saturated carbocycles. The van der Waals surface area contributed by atoms with Crippen LogP contribution in [-0.4, -0.2) is 32.9 Å². The van der Waals surface area contributed by atoms with Gasteiger partial charge in [-0.3, -0.25) is 4.79 Å². The fourth-order valence-electron chi connectivity index (χ4n) is 3.77. The fourth-order valence-corrected chi connectivity index (χ4v) is 4.43. The molecule has 0 unspecified atom stereocenters. The minimum Gasteiger partial charge on any atom is -0.485 e. The standard InChI is InChI=1S/C24H21N3O4S/c1-15-12-18(16(2)27(15)17-8-4-3-5-9-17)19(28)14-32-24-26-25-23(31-24)22-13-29-20-10-6-7-11-21(20)30-22/h3-12,22H,13-14H2,1-2H3/t22-/m0/s1. The van der Waals surface area contributed by atoms with Gasteiger partial charge in [-0.25, -0.2) is 0 Å². The quantitative estimate of drug-likeness (QED) is 0.305. The van der Waals surface area contributed by atoms with Crippen LogP contribution < -0.4 is 9.47 Å². The normalized spacial score (nSPS) is 15.0. The number of carbonyl (C=O) groups excluding carboxylic acids is 1. The lowest BCUT2D eigenvalue weighted by molar-refractivity contribution is 0.0686. The third-order valence-electron chi connectivity index (χ3n) is 5.28. The molecule has 0 amide bonds. The first kappa shape index (κ1) is 20.4. The van der Waals surface area contributed by atoms with E-state index in [2.05, 4.69) is 14.8 Å². The summed E-state index contributed by atoms with van der Waals surface area (Å²) in [5.41, 5.74) is 3.65. The third kappa shape index (κ3) is 3.89. The largest absolute Gasteiger partial charge is 0.485 e. The smallest absolute Gasteiger partial charge is 0.277 e. The summed E-state index contributed by atoms with van der Waals surface area (Å²) in [7, 11) is 0. The van der Waals surface area contributed by atoms with Crippen LogP contribution in [0, 0.1) is 13.8 Å². The Labute approximate surface area is 189 Å². The lowest BCUT2D eigenvalue weighted by atomic mass is 10.2. The van der Waals surface area contributed by atoms with Crippen molar-refractivity contribution in [1.82, 2.24) is 14.8 Å². The predicted octanol–water partition coefficient (Wildman–Crippen LogP) is 4.96. The van der Waals surface area contributed by atoms with E-state index in [9.17, 15) is 4.79 Å². The average molecular weight is 448 g/mol. The van der Waals surface area contributed by atoms with Gasteiger partial charge in [0.2, 0.25) is 6.10 Å². The fraction of sp³-hybridized carbons (Fsp3) is 0.208. The van der Waals surface area contributed by atoms with Crippen molar-refractivity contribution in [1.29, 1.82) is 0 Å². The first-order chi connectivity index (χ1) is 15.6. The molecule has 0 fully saturated rings. The Kier molecular flexibility index (Phi) is 5.45. The highest BCUT2D eigenvalue weighted by Gasteiger charge is 2.27. The van der Waals surface area contributed by atoms with E-state index in [0.29, 0.717) is 28.2 Å². The van der Waals surface area contributed by atoms with Gasteiger partial charge in [-0.2, -0.15) is 0 Å². The second-order valence-electron chi connectivity index (χ2n) is 7.44. The Bertz CT molecular complexity index is 1270. The SMILES string of the molecule is Cc1cc(C(=O)CSc2nnc([C@@H]3COc4ccccc4O3)o2)c(C)n1-c1ccccc1. The van der Waals surface area contributed by atoms with E-state index in [1.807, 2.05) is 74.5 Å². The highest BCUT2D eigenvalue weighted by molar-refractivity contribution is 7.99. The van der Waals surface area contributed by atoms with Crippen molar-refractivity contribution in [3.63, 3.8) is 0 Å². The molecule has 0 spiro atoms. The minimum atomic E-state index is -0.479. The van der Waals surface area contributed by atoms with Crippen LogP contribution in [0.1, 0.15) is 33.7 Å². The molecule has 2 aromatic carbocycles. The summed E-state index contributed by atoms with van der Waals surface area (Å²) in [5, 5.41) is 8.47. The van der Waals surface area contributed by atoms with Crippen molar-refractivity contribution in [3.05, 3.63) is 83.5 Å². The summed E-state index contributed by atoms with van der Waals surface area (Å²) in [6, 6.07) is 19.4. The molecule has 162 valence electrons. The number of hydrogen-bond acceptors (Lipinski definition) is 7. The van der Waals surface area contributed by atoms with E-state index in [0.717, 1.165) is 17.1 Å². The van der Waals surface area contributed by atoms with Crippen molar-refractivity contribution in [2.75, 3.05) is 12.4 Å². The van der Waals surface area contributed by atoms with Crippen molar-refractivity contribution in [2.45, 2.75) is 25.2 Å². The molecule has 1 aliphatic heterocycles. The average Bonchev–Trinajstić information content (AvgIpc) is 3.42. The Morgan fingerprint density at radius 3 is 2.62 bits per heavy atom. The van der Waals surface area contributed by atoms with Crippen LogP contribution >= 0.6 is 11.8 Å². The molecule has 3 heterocycles. The number of hydrogen-bond donors (Lipinski definition) is 0. The monoisotopic (exact) mass is 447 g/mol. The number of thioether (sulfide) groups is 1. The number of nitrogens with zero attached hydrogens (tertiary/aromatic N) is 3. The summed E-state index contributed by atoms with van der Waals surface area (Å²) >= 11 is 1.22. The van der Waals surface area contributed by atoms with Gasteiger partial charge in [0.25, 0.3) is 11.1 Å². The van der Waals surface area contributed by atoms with Crippen LogP contribution in [-0.2, 0) is 0 Å². The molecule has 0 bridgehead atoms. The summed E-state index contributed by atoms with van der Waals surface area (Å²) < 4.78 is 19.4. The van der Waals surface area contributed by atoms with Gasteiger partial charge < -0.3 is 18.5 Å². The molecule has 0 N–H and O–H groups in total. The maximum atomic E-state index is 12.9. The lowest BCUT2D eigenvalue weighted by Gasteiger charge is -2.23. The number of Topliss-reactive ketones (excluding diaryl/α,β-unsaturated/α-hetero) is 1. The van der Waals surface area contributed by atoms with Gasteiger partial charge in [-0.05, 0) is 44.2 Å². The molecule has 0 saturated heterocycles. The molecular formula is C24H21N3O4S. The summed E-state index contributed by atoms with van der Waals surface area (Å²) in [5.74, 6) is 1.87. The number of para-hydroxylation sites is 3. The Morgan fingerprint density at radius 2 is 1.81 bits per heavy atom. The van der Waals surface area contributed by atoms with Crippen LogP contribution in [0.4, 0.5) is 0 Å². The van der Waals surface area contributed by atoms with Crippen molar-refractivity contribution in [2.24, 2.45) is 0 Å². The molecule has 2 aromatic heterocycles. The van der Waals surface area contributed by atoms with Crippen molar-refractivity contribution < 1.29 is 18.7 Å². The summed E-state index contributed by atoms with van der Waals surface area (Å²) in [6.07, 6.45) is -0.479. The number of ether oxygens (including phenoxy) is 2. The van der Waals surface area contributed by atoms with Crippen LogP contribution in [0.15, 0.2) is 70.3 Å². The Hall–Kier alpha value is -3.52. The molecule has 7 nitrogen and oxygen atoms in total. The predicted molar refractivity (Wildman–Crippen MR) is 120 cm³/mol. The van der Waals surface area contributed by atoms with Crippen LogP contribution in [0.3, 0.4) is 0 Å². The number of aromatic nitrogens is 3. The summed E-state index contributed by atoms with van der Waals surface area (Å²) in [4.78, 5) is 12.9. The molecule has 0 aliphatic carbocycles. The van der Waals surface area contributed by atoms with E-state index in [1.54, 1.807) is 0 Å².